The number of carbonyl (C=O) groups is 2. The van der Waals surface area contributed by atoms with Crippen LogP contribution in [0.15, 0.2) is 24.5 Å². The van der Waals surface area contributed by atoms with E-state index in [1.54, 1.807) is 12.4 Å². The van der Waals surface area contributed by atoms with Gasteiger partial charge in [-0.15, -0.1) is 0 Å². The molecule has 23 heavy (non-hydrogen) atoms. The number of fused-ring (bicyclic) bond motifs is 6. The molecule has 2 heterocycles. The molecule has 0 unspecified atom stereocenters. The standard InChI is InChI=1S/C13H13N3.C2H2O4.H2O/c1-2-16-13-5-11-9-3-8(6-14-7-9)10(11)4-12(13)15-1;3-1(4)2(5)6;/h1-2,4-5,8-9,14H,3,6-7H2;(H,3,4)(H,5,6);1H2/t8-,9+;;. The number of nitrogens with zero attached hydrogens (tertiary/aromatic N) is 2. The molecule has 1 fully saturated rings. The van der Waals surface area contributed by atoms with Gasteiger partial charge < -0.3 is 21.0 Å². The second-order valence-electron chi connectivity index (χ2n) is 5.42. The van der Waals surface area contributed by atoms with Crippen molar-refractivity contribution in [2.24, 2.45) is 0 Å². The number of aliphatic carboxylic acids is 2. The van der Waals surface area contributed by atoms with E-state index in [4.69, 9.17) is 19.8 Å². The quantitative estimate of drug-likeness (QED) is 0.585. The summed E-state index contributed by atoms with van der Waals surface area (Å²) in [4.78, 5) is 27.0. The maximum Gasteiger partial charge on any atom is 0.414 e. The summed E-state index contributed by atoms with van der Waals surface area (Å²) in [6.45, 7) is 2.24. The van der Waals surface area contributed by atoms with Crippen molar-refractivity contribution in [2.75, 3.05) is 13.1 Å². The predicted molar refractivity (Wildman–Crippen MR) is 81.4 cm³/mol. The summed E-state index contributed by atoms with van der Waals surface area (Å²) in [5.74, 6) is -2.26. The smallest absolute Gasteiger partial charge is 0.414 e. The third-order valence-electron chi connectivity index (χ3n) is 4.09. The van der Waals surface area contributed by atoms with E-state index < -0.39 is 11.9 Å². The van der Waals surface area contributed by atoms with Crippen molar-refractivity contribution in [3.05, 3.63) is 35.7 Å². The summed E-state index contributed by atoms with van der Waals surface area (Å²) in [7, 11) is 0. The molecular formula is C15H17N3O5. The van der Waals surface area contributed by atoms with Crippen LogP contribution in [0.4, 0.5) is 0 Å². The molecular weight excluding hydrogens is 302 g/mol. The van der Waals surface area contributed by atoms with Crippen LogP contribution >= 0.6 is 0 Å². The lowest BCUT2D eigenvalue weighted by Gasteiger charge is -2.19. The molecule has 5 N–H and O–H groups in total. The number of aromatic nitrogens is 2. The van der Waals surface area contributed by atoms with E-state index >= 15 is 0 Å². The molecule has 0 saturated carbocycles. The minimum Gasteiger partial charge on any atom is -0.473 e. The van der Waals surface area contributed by atoms with E-state index in [-0.39, 0.29) is 5.48 Å². The van der Waals surface area contributed by atoms with Crippen LogP contribution in [-0.2, 0) is 9.59 Å². The van der Waals surface area contributed by atoms with Crippen molar-refractivity contribution >= 4 is 23.0 Å². The lowest BCUT2D eigenvalue weighted by atomic mass is 9.98. The molecule has 0 spiro atoms. The molecule has 1 aromatic carbocycles. The zero-order chi connectivity index (χ0) is 15.7. The van der Waals surface area contributed by atoms with E-state index in [1.807, 2.05) is 0 Å². The fourth-order valence-corrected chi connectivity index (χ4v) is 3.17. The third kappa shape index (κ3) is 3.27. The van der Waals surface area contributed by atoms with Crippen LogP contribution < -0.4 is 5.32 Å². The van der Waals surface area contributed by atoms with Gasteiger partial charge in [0.05, 0.1) is 11.0 Å². The minimum atomic E-state index is -1.82. The maximum atomic E-state index is 9.10. The molecule has 1 aliphatic carbocycles. The minimum absolute atomic E-state index is 0. The van der Waals surface area contributed by atoms with Crippen LogP contribution in [0.2, 0.25) is 0 Å². The fourth-order valence-electron chi connectivity index (χ4n) is 3.17. The molecule has 4 rings (SSSR count). The van der Waals surface area contributed by atoms with Gasteiger partial charge in [-0.05, 0) is 41.5 Å². The number of nitrogens with one attached hydrogen (secondary N) is 1. The first kappa shape index (κ1) is 16.8. The molecule has 0 radical (unpaired) electrons. The molecule has 2 bridgehead atoms. The lowest BCUT2D eigenvalue weighted by molar-refractivity contribution is -0.159. The van der Waals surface area contributed by atoms with Gasteiger partial charge in [0.1, 0.15) is 0 Å². The SMILES string of the molecule is O.O=C(O)C(=O)O.c1cnc2cc3c(cc2n1)[C@@H]1CNC[C@H]3C1. The van der Waals surface area contributed by atoms with Gasteiger partial charge >= 0.3 is 11.9 Å². The number of hydrogen-bond acceptors (Lipinski definition) is 5. The number of rotatable bonds is 0. The summed E-state index contributed by atoms with van der Waals surface area (Å²) in [6.07, 6.45) is 4.85. The number of carboxylic acid groups (broad SMARTS) is 2. The third-order valence-corrected chi connectivity index (χ3v) is 4.09. The number of piperidine rings is 1. The molecule has 0 amide bonds. The van der Waals surface area contributed by atoms with Crippen molar-refractivity contribution in [3.63, 3.8) is 0 Å². The highest BCUT2D eigenvalue weighted by Gasteiger charge is 2.34. The van der Waals surface area contributed by atoms with Gasteiger partial charge in [0, 0.05) is 25.5 Å². The summed E-state index contributed by atoms with van der Waals surface area (Å²) < 4.78 is 0. The second kappa shape index (κ2) is 6.67. The van der Waals surface area contributed by atoms with Gasteiger partial charge in [-0.1, -0.05) is 0 Å². The highest BCUT2D eigenvalue weighted by Crippen LogP contribution is 2.44. The zero-order valence-electron chi connectivity index (χ0n) is 12.2. The summed E-state index contributed by atoms with van der Waals surface area (Å²) in [6, 6.07) is 4.49. The topological polar surface area (TPSA) is 144 Å². The molecule has 8 nitrogen and oxygen atoms in total. The van der Waals surface area contributed by atoms with Crippen molar-refractivity contribution in [1.29, 1.82) is 0 Å². The number of carboxylic acids is 2. The molecule has 122 valence electrons. The Morgan fingerprint density at radius 3 is 1.78 bits per heavy atom. The van der Waals surface area contributed by atoms with Gasteiger partial charge in [-0.3, -0.25) is 9.97 Å². The highest BCUT2D eigenvalue weighted by atomic mass is 16.4. The van der Waals surface area contributed by atoms with E-state index in [9.17, 15) is 0 Å². The van der Waals surface area contributed by atoms with E-state index in [2.05, 4.69) is 27.4 Å². The zero-order valence-corrected chi connectivity index (χ0v) is 12.2. The number of benzene rings is 1. The van der Waals surface area contributed by atoms with Crippen LogP contribution in [0.1, 0.15) is 29.4 Å². The Bertz CT molecular complexity index is 688. The molecule has 1 aliphatic heterocycles. The van der Waals surface area contributed by atoms with Gasteiger partial charge in [-0.25, -0.2) is 9.59 Å². The van der Waals surface area contributed by atoms with Crippen molar-refractivity contribution in [1.82, 2.24) is 15.3 Å². The Morgan fingerprint density at radius 2 is 1.39 bits per heavy atom. The van der Waals surface area contributed by atoms with Crippen molar-refractivity contribution < 1.29 is 25.3 Å². The maximum absolute atomic E-state index is 9.10. The summed E-state index contributed by atoms with van der Waals surface area (Å²) >= 11 is 0. The fraction of sp³-hybridized carbons (Fsp3) is 0.333. The average Bonchev–Trinajstić information content (AvgIpc) is 2.76. The first-order valence-corrected chi connectivity index (χ1v) is 6.97. The molecule has 1 saturated heterocycles. The molecule has 1 aromatic heterocycles. The van der Waals surface area contributed by atoms with Crippen LogP contribution in [0.5, 0.6) is 0 Å². The first-order valence-electron chi connectivity index (χ1n) is 6.97. The van der Waals surface area contributed by atoms with Crippen LogP contribution in [0.25, 0.3) is 11.0 Å². The van der Waals surface area contributed by atoms with Crippen LogP contribution in [0.3, 0.4) is 0 Å². The molecule has 8 heteroatoms. The Balaban J connectivity index is 0.000000241. The van der Waals surface area contributed by atoms with Crippen LogP contribution in [0, 0.1) is 0 Å². The predicted octanol–water partition coefficient (Wildman–Crippen LogP) is 0.135. The number of hydrogen-bond donors (Lipinski definition) is 3. The van der Waals surface area contributed by atoms with Crippen LogP contribution in [-0.4, -0.2) is 50.7 Å². The first-order chi connectivity index (χ1) is 10.6. The van der Waals surface area contributed by atoms with E-state index in [0.29, 0.717) is 11.8 Å². The van der Waals surface area contributed by atoms with Crippen molar-refractivity contribution in [3.8, 4) is 0 Å². The van der Waals surface area contributed by atoms with Gasteiger partial charge in [-0.2, -0.15) is 0 Å². The van der Waals surface area contributed by atoms with Gasteiger partial charge in [0.15, 0.2) is 0 Å². The van der Waals surface area contributed by atoms with Gasteiger partial charge in [0.2, 0.25) is 0 Å². The lowest BCUT2D eigenvalue weighted by Crippen LogP contribution is -2.28. The largest absolute Gasteiger partial charge is 0.473 e. The van der Waals surface area contributed by atoms with Crippen molar-refractivity contribution in [2.45, 2.75) is 18.3 Å². The Kier molecular flexibility index (Phi) is 4.87. The Hall–Kier alpha value is -2.58. The Labute approximate surface area is 131 Å². The second-order valence-corrected chi connectivity index (χ2v) is 5.42. The highest BCUT2D eigenvalue weighted by molar-refractivity contribution is 6.27. The molecule has 2 aliphatic rings. The van der Waals surface area contributed by atoms with Gasteiger partial charge in [0.25, 0.3) is 0 Å². The average molecular weight is 319 g/mol. The molecule has 2 atom stereocenters. The summed E-state index contributed by atoms with van der Waals surface area (Å²) in [5, 5.41) is 18.3. The monoisotopic (exact) mass is 319 g/mol. The molecule has 2 aromatic rings. The van der Waals surface area contributed by atoms with E-state index in [0.717, 1.165) is 24.1 Å². The van der Waals surface area contributed by atoms with E-state index in [1.165, 1.54) is 17.5 Å². The Morgan fingerprint density at radius 1 is 0.957 bits per heavy atom. The summed E-state index contributed by atoms with van der Waals surface area (Å²) in [5.41, 5.74) is 5.08. The normalized spacial score (nSPS) is 20.7.